The van der Waals surface area contributed by atoms with Crippen LogP contribution in [0.3, 0.4) is 0 Å². The Kier molecular flexibility index (Phi) is 5.96. The number of hydrogen-bond donors (Lipinski definition) is 1. The molecule has 0 unspecified atom stereocenters. The van der Waals surface area contributed by atoms with E-state index in [0.717, 1.165) is 40.1 Å². The zero-order valence-corrected chi connectivity index (χ0v) is 17.2. The van der Waals surface area contributed by atoms with Gasteiger partial charge in [-0.25, -0.2) is 4.68 Å². The van der Waals surface area contributed by atoms with Gasteiger partial charge >= 0.3 is 0 Å². The van der Waals surface area contributed by atoms with E-state index in [1.807, 2.05) is 55.5 Å². The molecule has 3 rings (SSSR count). The van der Waals surface area contributed by atoms with Crippen molar-refractivity contribution < 1.29 is 4.74 Å². The number of methoxy groups -OCH3 is 1. The van der Waals surface area contributed by atoms with E-state index < -0.39 is 0 Å². The summed E-state index contributed by atoms with van der Waals surface area (Å²) >= 11 is 3.42. The average molecular weight is 428 g/mol. The molecule has 0 aliphatic carbocycles. The average Bonchev–Trinajstić information content (AvgIpc) is 3.00. The highest BCUT2D eigenvalue weighted by Gasteiger charge is 2.17. The van der Waals surface area contributed by atoms with Gasteiger partial charge in [-0.05, 0) is 61.9 Å². The van der Waals surface area contributed by atoms with Gasteiger partial charge in [-0.15, -0.1) is 0 Å². The molecule has 0 amide bonds. The Morgan fingerprint density at radius 1 is 1.15 bits per heavy atom. The minimum atomic E-state index is -0.0954. The summed E-state index contributed by atoms with van der Waals surface area (Å²) in [5.41, 5.74) is 3.72. The molecular weight excluding hydrogens is 406 g/mol. The maximum Gasteiger partial charge on any atom is 0.280 e. The lowest BCUT2D eigenvalue weighted by molar-refractivity contribution is 0.414. The molecule has 140 valence electrons. The normalized spacial score (nSPS) is 11.6. The molecule has 0 fully saturated rings. The minimum absolute atomic E-state index is 0.0954. The Hall–Kier alpha value is -2.60. The smallest absolute Gasteiger partial charge is 0.280 e. The van der Waals surface area contributed by atoms with E-state index >= 15 is 0 Å². The SMILES string of the molecule is CCCc1[nH]n(-c2ccc(OC)cc2)c(=O)c1C(C)=Nc1ccc(Br)cc1. The topological polar surface area (TPSA) is 59.4 Å². The Morgan fingerprint density at radius 2 is 1.81 bits per heavy atom. The number of halogens is 1. The number of rotatable bonds is 6. The third kappa shape index (κ3) is 4.22. The monoisotopic (exact) mass is 427 g/mol. The number of nitrogens with zero attached hydrogens (tertiary/aromatic N) is 2. The van der Waals surface area contributed by atoms with Crippen LogP contribution in [0.4, 0.5) is 5.69 Å². The molecule has 0 aliphatic heterocycles. The van der Waals surface area contributed by atoms with Crippen LogP contribution in [0.15, 0.2) is 62.8 Å². The fraction of sp³-hybridized carbons (Fsp3) is 0.238. The predicted molar refractivity (Wildman–Crippen MR) is 113 cm³/mol. The van der Waals surface area contributed by atoms with Crippen LogP contribution in [0.1, 0.15) is 31.5 Å². The van der Waals surface area contributed by atoms with Crippen molar-refractivity contribution >= 4 is 27.3 Å². The molecule has 0 atom stereocenters. The number of hydrogen-bond acceptors (Lipinski definition) is 3. The molecule has 6 heteroatoms. The number of aliphatic imine (C=N–C) groups is 1. The molecule has 0 radical (unpaired) electrons. The maximum absolute atomic E-state index is 13.1. The van der Waals surface area contributed by atoms with E-state index in [9.17, 15) is 4.79 Å². The molecule has 1 heterocycles. The number of ether oxygens (including phenoxy) is 1. The first-order chi connectivity index (χ1) is 13.0. The highest BCUT2D eigenvalue weighted by Crippen LogP contribution is 2.19. The molecule has 2 aromatic carbocycles. The molecule has 0 spiro atoms. The summed E-state index contributed by atoms with van der Waals surface area (Å²) < 4.78 is 7.76. The number of aryl methyl sites for hydroxylation is 1. The van der Waals surface area contributed by atoms with Crippen molar-refractivity contribution in [2.24, 2.45) is 4.99 Å². The predicted octanol–water partition coefficient (Wildman–Crippen LogP) is 5.03. The Balaban J connectivity index is 2.06. The van der Waals surface area contributed by atoms with Crippen molar-refractivity contribution in [2.45, 2.75) is 26.7 Å². The third-order valence-electron chi connectivity index (χ3n) is 4.28. The summed E-state index contributed by atoms with van der Waals surface area (Å²) in [7, 11) is 1.62. The van der Waals surface area contributed by atoms with Crippen LogP contribution in [0.25, 0.3) is 5.69 Å². The first-order valence-electron chi connectivity index (χ1n) is 8.83. The molecule has 0 saturated heterocycles. The summed E-state index contributed by atoms with van der Waals surface area (Å²) in [6.07, 6.45) is 1.71. The van der Waals surface area contributed by atoms with E-state index in [0.29, 0.717) is 11.3 Å². The van der Waals surface area contributed by atoms with Crippen molar-refractivity contribution in [3.8, 4) is 11.4 Å². The van der Waals surface area contributed by atoms with Gasteiger partial charge in [0.25, 0.3) is 5.56 Å². The zero-order valence-electron chi connectivity index (χ0n) is 15.6. The van der Waals surface area contributed by atoms with Crippen molar-refractivity contribution in [2.75, 3.05) is 7.11 Å². The van der Waals surface area contributed by atoms with Crippen molar-refractivity contribution in [1.29, 1.82) is 0 Å². The van der Waals surface area contributed by atoms with Gasteiger partial charge in [0.1, 0.15) is 5.75 Å². The van der Waals surface area contributed by atoms with E-state index in [1.165, 1.54) is 0 Å². The fourth-order valence-electron chi connectivity index (χ4n) is 2.96. The van der Waals surface area contributed by atoms with Gasteiger partial charge in [-0.1, -0.05) is 29.3 Å². The number of aromatic nitrogens is 2. The van der Waals surface area contributed by atoms with Gasteiger partial charge in [-0.3, -0.25) is 14.9 Å². The Labute approximate surface area is 166 Å². The second-order valence-electron chi connectivity index (χ2n) is 6.23. The van der Waals surface area contributed by atoms with Gasteiger partial charge in [-0.2, -0.15) is 0 Å². The molecule has 0 saturated carbocycles. The molecule has 1 aromatic heterocycles. The Bertz CT molecular complexity index is 999. The van der Waals surface area contributed by atoms with Crippen LogP contribution < -0.4 is 10.3 Å². The number of H-pyrrole nitrogens is 1. The number of aromatic amines is 1. The molecule has 0 aliphatic rings. The lowest BCUT2D eigenvalue weighted by Crippen LogP contribution is -2.19. The second kappa shape index (κ2) is 8.39. The lowest BCUT2D eigenvalue weighted by Gasteiger charge is -2.03. The first kappa shape index (κ1) is 19.2. The highest BCUT2D eigenvalue weighted by atomic mass is 79.9. The van der Waals surface area contributed by atoms with Crippen molar-refractivity contribution in [3.63, 3.8) is 0 Å². The number of nitrogens with one attached hydrogen (secondary N) is 1. The molecule has 27 heavy (non-hydrogen) atoms. The quantitative estimate of drug-likeness (QED) is 0.560. The first-order valence-corrected chi connectivity index (χ1v) is 9.62. The van der Waals surface area contributed by atoms with Crippen LogP contribution in [0, 0.1) is 0 Å². The van der Waals surface area contributed by atoms with Crippen LogP contribution in [-0.2, 0) is 6.42 Å². The number of benzene rings is 2. The largest absolute Gasteiger partial charge is 0.497 e. The van der Waals surface area contributed by atoms with Crippen molar-refractivity contribution in [1.82, 2.24) is 9.78 Å². The van der Waals surface area contributed by atoms with Crippen LogP contribution in [0.5, 0.6) is 5.75 Å². The lowest BCUT2D eigenvalue weighted by atomic mass is 10.1. The van der Waals surface area contributed by atoms with Gasteiger partial charge in [0.15, 0.2) is 0 Å². The standard InChI is InChI=1S/C21H22BrN3O2/c1-4-5-19-20(14(2)23-16-8-6-15(22)7-9-16)21(26)25(24-19)17-10-12-18(27-3)13-11-17/h6-13,24H,4-5H2,1-3H3. The summed E-state index contributed by atoms with van der Waals surface area (Å²) in [6, 6.07) is 15.1. The zero-order chi connectivity index (χ0) is 19.4. The highest BCUT2D eigenvalue weighted by molar-refractivity contribution is 9.10. The molecule has 3 aromatic rings. The second-order valence-corrected chi connectivity index (χ2v) is 7.14. The summed E-state index contributed by atoms with van der Waals surface area (Å²) in [5, 5.41) is 3.26. The molecule has 0 bridgehead atoms. The van der Waals surface area contributed by atoms with E-state index in [2.05, 4.69) is 32.9 Å². The van der Waals surface area contributed by atoms with Crippen LogP contribution in [-0.4, -0.2) is 22.6 Å². The van der Waals surface area contributed by atoms with Crippen molar-refractivity contribution in [3.05, 3.63) is 74.6 Å². The summed E-state index contributed by atoms with van der Waals surface area (Å²) in [6.45, 7) is 3.97. The summed E-state index contributed by atoms with van der Waals surface area (Å²) in [4.78, 5) is 17.8. The molecule has 5 nitrogen and oxygen atoms in total. The minimum Gasteiger partial charge on any atom is -0.497 e. The molecule has 1 N–H and O–H groups in total. The van der Waals surface area contributed by atoms with E-state index in [1.54, 1.807) is 11.8 Å². The van der Waals surface area contributed by atoms with E-state index in [4.69, 9.17) is 4.74 Å². The van der Waals surface area contributed by atoms with Gasteiger partial charge in [0, 0.05) is 10.2 Å². The van der Waals surface area contributed by atoms with Crippen LogP contribution >= 0.6 is 15.9 Å². The van der Waals surface area contributed by atoms with Gasteiger partial charge < -0.3 is 4.74 Å². The Morgan fingerprint density at radius 3 is 2.41 bits per heavy atom. The fourth-order valence-corrected chi connectivity index (χ4v) is 3.23. The molecular formula is C21H22BrN3O2. The van der Waals surface area contributed by atoms with Gasteiger partial charge in [0.05, 0.1) is 29.8 Å². The van der Waals surface area contributed by atoms with Gasteiger partial charge in [0.2, 0.25) is 0 Å². The van der Waals surface area contributed by atoms with E-state index in [-0.39, 0.29) is 5.56 Å². The third-order valence-corrected chi connectivity index (χ3v) is 4.81. The maximum atomic E-state index is 13.1. The summed E-state index contributed by atoms with van der Waals surface area (Å²) in [5.74, 6) is 0.750. The van der Waals surface area contributed by atoms with Crippen LogP contribution in [0.2, 0.25) is 0 Å².